The molecule has 0 bridgehead atoms. The Morgan fingerprint density at radius 3 is 2.92 bits per heavy atom. The predicted molar refractivity (Wildman–Crippen MR) is 61.6 cm³/mol. The maximum atomic E-state index is 10.6. The third kappa shape index (κ3) is 1.44. The minimum Gasteiger partial charge on any atom is -0.506 e. The van der Waals surface area contributed by atoms with Crippen LogP contribution in [-0.4, -0.2) is 11.4 Å². The maximum Gasteiger partial charge on any atom is 0.151 e. The number of hydrogen-bond acceptors (Lipinski definition) is 3. The highest BCUT2D eigenvalue weighted by atomic mass is 127. The molecule has 66 valence electrons. The molecule has 0 atom stereocenters. The lowest BCUT2D eigenvalue weighted by Gasteiger charge is -1.96. The van der Waals surface area contributed by atoms with E-state index < -0.39 is 0 Å². The largest absolute Gasteiger partial charge is 0.506 e. The number of halogens is 1. The van der Waals surface area contributed by atoms with Gasteiger partial charge in [0.15, 0.2) is 6.29 Å². The lowest BCUT2D eigenvalue weighted by atomic mass is 10.2. The SMILES string of the molecule is O=Cc1cc2scc(O)c2cc1I. The van der Waals surface area contributed by atoms with Crippen LogP contribution in [0.3, 0.4) is 0 Å². The van der Waals surface area contributed by atoms with Crippen molar-refractivity contribution in [2.24, 2.45) is 0 Å². The Balaban J connectivity index is 2.83. The van der Waals surface area contributed by atoms with Crippen LogP contribution in [0.1, 0.15) is 10.4 Å². The second kappa shape index (κ2) is 3.26. The van der Waals surface area contributed by atoms with E-state index >= 15 is 0 Å². The van der Waals surface area contributed by atoms with Crippen LogP contribution in [0.4, 0.5) is 0 Å². The molecule has 1 heterocycles. The molecule has 0 aliphatic rings. The van der Waals surface area contributed by atoms with Crippen molar-refractivity contribution in [2.45, 2.75) is 0 Å². The number of aromatic hydroxyl groups is 1. The van der Waals surface area contributed by atoms with Crippen LogP contribution in [0.5, 0.6) is 5.75 Å². The van der Waals surface area contributed by atoms with Gasteiger partial charge in [0.25, 0.3) is 0 Å². The molecule has 1 aromatic heterocycles. The summed E-state index contributed by atoms with van der Waals surface area (Å²) < 4.78 is 1.81. The van der Waals surface area contributed by atoms with Gasteiger partial charge in [-0.2, -0.15) is 0 Å². The number of carbonyl (C=O) groups is 1. The highest BCUT2D eigenvalue weighted by Crippen LogP contribution is 2.33. The number of benzene rings is 1. The van der Waals surface area contributed by atoms with Gasteiger partial charge in [-0.05, 0) is 34.7 Å². The maximum absolute atomic E-state index is 10.6. The topological polar surface area (TPSA) is 37.3 Å². The summed E-state index contributed by atoms with van der Waals surface area (Å²) in [5.41, 5.74) is 0.676. The van der Waals surface area contributed by atoms with Gasteiger partial charge in [-0.1, -0.05) is 0 Å². The number of thiophene rings is 1. The summed E-state index contributed by atoms with van der Waals surface area (Å²) in [5.74, 6) is 0.287. The van der Waals surface area contributed by atoms with Crippen LogP contribution in [0, 0.1) is 3.57 Å². The van der Waals surface area contributed by atoms with Gasteiger partial charge in [0.2, 0.25) is 0 Å². The number of rotatable bonds is 1. The number of fused-ring (bicyclic) bond motifs is 1. The van der Waals surface area contributed by atoms with Crippen LogP contribution in [-0.2, 0) is 0 Å². The van der Waals surface area contributed by atoms with Crippen LogP contribution >= 0.6 is 33.9 Å². The van der Waals surface area contributed by atoms with Crippen molar-refractivity contribution in [2.75, 3.05) is 0 Å². The molecular formula is C9H5IO2S. The van der Waals surface area contributed by atoms with E-state index in [0.717, 1.165) is 19.9 Å². The summed E-state index contributed by atoms with van der Waals surface area (Å²) in [6.45, 7) is 0. The van der Waals surface area contributed by atoms with E-state index in [4.69, 9.17) is 0 Å². The molecule has 2 nitrogen and oxygen atoms in total. The molecule has 0 fully saturated rings. The summed E-state index contributed by atoms with van der Waals surface area (Å²) in [6, 6.07) is 3.62. The fourth-order valence-electron chi connectivity index (χ4n) is 1.14. The van der Waals surface area contributed by atoms with Crippen molar-refractivity contribution >= 4 is 50.3 Å². The zero-order chi connectivity index (χ0) is 9.42. The first-order valence-electron chi connectivity index (χ1n) is 3.57. The zero-order valence-electron chi connectivity index (χ0n) is 6.45. The Morgan fingerprint density at radius 2 is 2.23 bits per heavy atom. The Kier molecular flexibility index (Phi) is 2.25. The van der Waals surface area contributed by atoms with Gasteiger partial charge < -0.3 is 5.11 Å². The monoisotopic (exact) mass is 304 g/mol. The predicted octanol–water partition coefficient (Wildman–Crippen LogP) is 3.02. The second-order valence-corrected chi connectivity index (χ2v) is 4.68. The quantitative estimate of drug-likeness (QED) is 0.649. The molecule has 0 aliphatic heterocycles. The normalized spacial score (nSPS) is 10.5. The molecule has 2 aromatic rings. The van der Waals surface area contributed by atoms with E-state index in [1.54, 1.807) is 11.4 Å². The summed E-state index contributed by atoms with van der Waals surface area (Å²) >= 11 is 3.52. The fourth-order valence-corrected chi connectivity index (χ4v) is 2.59. The van der Waals surface area contributed by atoms with Crippen molar-refractivity contribution in [3.8, 4) is 5.75 Å². The van der Waals surface area contributed by atoms with Crippen molar-refractivity contribution < 1.29 is 9.90 Å². The van der Waals surface area contributed by atoms with E-state index in [1.165, 1.54) is 11.3 Å². The number of hydrogen-bond donors (Lipinski definition) is 1. The molecule has 0 aliphatic carbocycles. The van der Waals surface area contributed by atoms with E-state index in [1.807, 2.05) is 6.07 Å². The molecule has 0 saturated carbocycles. The molecule has 0 unspecified atom stereocenters. The van der Waals surface area contributed by atoms with Gasteiger partial charge in [0.05, 0.1) is 0 Å². The molecule has 13 heavy (non-hydrogen) atoms. The summed E-state index contributed by atoms with van der Waals surface area (Å²) in [6.07, 6.45) is 0.831. The highest BCUT2D eigenvalue weighted by molar-refractivity contribution is 14.1. The molecular weight excluding hydrogens is 299 g/mol. The molecule has 0 saturated heterocycles. The standard InChI is InChI=1S/C9H5IO2S/c10-7-2-6-8(12)4-13-9(6)1-5(7)3-11/h1-4,12H. The molecule has 2 rings (SSSR count). The first-order chi connectivity index (χ1) is 6.22. The lowest BCUT2D eigenvalue weighted by molar-refractivity contribution is 0.112. The molecule has 0 radical (unpaired) electrons. The van der Waals surface area contributed by atoms with Gasteiger partial charge >= 0.3 is 0 Å². The Labute approximate surface area is 92.3 Å². The minimum atomic E-state index is 0.287. The van der Waals surface area contributed by atoms with Crippen molar-refractivity contribution in [1.29, 1.82) is 0 Å². The second-order valence-electron chi connectivity index (χ2n) is 2.61. The molecule has 1 aromatic carbocycles. The van der Waals surface area contributed by atoms with Gasteiger partial charge in [-0.3, -0.25) is 4.79 Å². The minimum absolute atomic E-state index is 0.287. The van der Waals surface area contributed by atoms with Crippen LogP contribution in [0.15, 0.2) is 17.5 Å². The van der Waals surface area contributed by atoms with Gasteiger partial charge in [0, 0.05) is 24.6 Å². The van der Waals surface area contributed by atoms with Gasteiger partial charge in [-0.25, -0.2) is 0 Å². The Hall–Kier alpha value is -0.620. The molecule has 0 amide bonds. The summed E-state index contributed by atoms with van der Waals surface area (Å²) in [7, 11) is 0. The first kappa shape index (κ1) is 8.96. The number of aldehydes is 1. The summed E-state index contributed by atoms with van der Waals surface area (Å²) in [4.78, 5) is 10.6. The van der Waals surface area contributed by atoms with Crippen LogP contribution in [0.25, 0.3) is 10.1 Å². The van der Waals surface area contributed by atoms with Crippen molar-refractivity contribution in [1.82, 2.24) is 0 Å². The Morgan fingerprint density at radius 1 is 1.46 bits per heavy atom. The van der Waals surface area contributed by atoms with E-state index in [-0.39, 0.29) is 5.75 Å². The molecule has 1 N–H and O–H groups in total. The van der Waals surface area contributed by atoms with E-state index in [2.05, 4.69) is 22.6 Å². The van der Waals surface area contributed by atoms with Crippen LogP contribution in [0.2, 0.25) is 0 Å². The van der Waals surface area contributed by atoms with Gasteiger partial charge in [0.1, 0.15) is 5.75 Å². The van der Waals surface area contributed by atoms with E-state index in [0.29, 0.717) is 5.56 Å². The Bertz CT molecular complexity index is 476. The first-order valence-corrected chi connectivity index (χ1v) is 5.53. The van der Waals surface area contributed by atoms with E-state index in [9.17, 15) is 9.90 Å². The molecule has 4 heteroatoms. The third-order valence-electron chi connectivity index (χ3n) is 1.80. The zero-order valence-corrected chi connectivity index (χ0v) is 9.43. The fraction of sp³-hybridized carbons (Fsp3) is 0. The van der Waals surface area contributed by atoms with Crippen molar-refractivity contribution in [3.63, 3.8) is 0 Å². The number of carbonyl (C=O) groups excluding carboxylic acids is 1. The average Bonchev–Trinajstić information content (AvgIpc) is 2.47. The smallest absolute Gasteiger partial charge is 0.151 e. The highest BCUT2D eigenvalue weighted by Gasteiger charge is 2.06. The average molecular weight is 304 g/mol. The van der Waals surface area contributed by atoms with Crippen LogP contribution < -0.4 is 0 Å². The lowest BCUT2D eigenvalue weighted by Crippen LogP contribution is -1.83. The van der Waals surface area contributed by atoms with Crippen molar-refractivity contribution in [3.05, 3.63) is 26.6 Å². The third-order valence-corrected chi connectivity index (χ3v) is 3.67. The summed E-state index contributed by atoms with van der Waals surface area (Å²) in [5, 5.41) is 11.9. The molecule has 0 spiro atoms. The van der Waals surface area contributed by atoms with Gasteiger partial charge in [-0.15, -0.1) is 11.3 Å².